The van der Waals surface area contributed by atoms with Crippen molar-refractivity contribution in [3.63, 3.8) is 0 Å². The Morgan fingerprint density at radius 1 is 1.24 bits per heavy atom. The molecule has 0 unspecified atom stereocenters. The van der Waals surface area contributed by atoms with Gasteiger partial charge >= 0.3 is 0 Å². The molecular weight excluding hydrogens is 340 g/mol. The fraction of sp³-hybridized carbons (Fsp3) is 0.579. The van der Waals surface area contributed by atoms with Crippen molar-refractivity contribution in [2.24, 2.45) is 5.92 Å². The highest BCUT2D eigenvalue weighted by Gasteiger charge is 2.38. The smallest absolute Gasteiger partial charge is 0.227 e. The van der Waals surface area contributed by atoms with Gasteiger partial charge in [0.05, 0.1) is 10.9 Å². The van der Waals surface area contributed by atoms with Gasteiger partial charge in [-0.05, 0) is 26.0 Å². The van der Waals surface area contributed by atoms with Crippen LogP contribution in [0, 0.1) is 5.92 Å². The highest BCUT2D eigenvalue weighted by atomic mass is 35.5. The SMILES string of the molecule is CC(C)N1C[C@@H](C(=O)N2CCC(Oc3ccccc3Cl)CC2)CC1=O. The number of piperidine rings is 1. The first-order valence-corrected chi connectivity index (χ1v) is 9.33. The van der Waals surface area contributed by atoms with Crippen molar-refractivity contribution in [2.75, 3.05) is 19.6 Å². The van der Waals surface area contributed by atoms with Gasteiger partial charge in [-0.25, -0.2) is 0 Å². The van der Waals surface area contributed by atoms with Gasteiger partial charge in [-0.2, -0.15) is 0 Å². The third-order valence-corrected chi connectivity index (χ3v) is 5.33. The number of rotatable bonds is 4. The first-order valence-electron chi connectivity index (χ1n) is 8.95. The second-order valence-electron chi connectivity index (χ2n) is 7.11. The summed E-state index contributed by atoms with van der Waals surface area (Å²) in [5, 5.41) is 0.610. The normalized spacial score (nSPS) is 21.9. The first kappa shape index (κ1) is 18.1. The van der Waals surface area contributed by atoms with Crippen molar-refractivity contribution in [1.29, 1.82) is 0 Å². The van der Waals surface area contributed by atoms with Crippen molar-refractivity contribution in [2.45, 2.75) is 45.3 Å². The van der Waals surface area contributed by atoms with E-state index in [9.17, 15) is 9.59 Å². The van der Waals surface area contributed by atoms with Crippen molar-refractivity contribution in [1.82, 2.24) is 9.80 Å². The van der Waals surface area contributed by atoms with Crippen molar-refractivity contribution in [3.05, 3.63) is 29.3 Å². The molecule has 0 spiro atoms. The molecule has 0 saturated carbocycles. The molecule has 0 radical (unpaired) electrons. The molecule has 2 aliphatic heterocycles. The van der Waals surface area contributed by atoms with Crippen molar-refractivity contribution in [3.8, 4) is 5.75 Å². The monoisotopic (exact) mass is 364 g/mol. The van der Waals surface area contributed by atoms with Gasteiger partial charge in [0.25, 0.3) is 0 Å². The quantitative estimate of drug-likeness (QED) is 0.825. The first-order chi connectivity index (χ1) is 12.0. The largest absolute Gasteiger partial charge is 0.489 e. The molecule has 0 bridgehead atoms. The Morgan fingerprint density at radius 3 is 2.52 bits per heavy atom. The van der Waals surface area contributed by atoms with Gasteiger partial charge < -0.3 is 14.5 Å². The molecular formula is C19H25ClN2O3. The number of hydrogen-bond acceptors (Lipinski definition) is 3. The van der Waals surface area contributed by atoms with Crippen LogP contribution in [-0.2, 0) is 9.59 Å². The van der Waals surface area contributed by atoms with E-state index in [1.165, 1.54) is 0 Å². The number of nitrogens with zero attached hydrogens (tertiary/aromatic N) is 2. The minimum absolute atomic E-state index is 0.0707. The Labute approximate surface area is 153 Å². The van der Waals surface area contributed by atoms with Gasteiger partial charge in [0.1, 0.15) is 11.9 Å². The lowest BCUT2D eigenvalue weighted by Crippen LogP contribution is -2.45. The highest BCUT2D eigenvalue weighted by molar-refractivity contribution is 6.32. The number of para-hydroxylation sites is 1. The lowest BCUT2D eigenvalue weighted by Gasteiger charge is -2.33. The van der Waals surface area contributed by atoms with Gasteiger partial charge in [-0.1, -0.05) is 23.7 Å². The van der Waals surface area contributed by atoms with Crippen LogP contribution in [-0.4, -0.2) is 53.4 Å². The Morgan fingerprint density at radius 2 is 1.92 bits per heavy atom. The summed E-state index contributed by atoms with van der Waals surface area (Å²) in [6.07, 6.45) is 1.98. The molecule has 0 N–H and O–H groups in total. The number of ether oxygens (including phenoxy) is 1. The second-order valence-corrected chi connectivity index (χ2v) is 7.52. The molecule has 5 nitrogen and oxygen atoms in total. The van der Waals surface area contributed by atoms with E-state index >= 15 is 0 Å². The standard InChI is InChI=1S/C19H25ClN2O3/c1-13(2)22-12-14(11-18(22)23)19(24)21-9-7-15(8-10-21)25-17-6-4-3-5-16(17)20/h3-6,13-15H,7-12H2,1-2H3/t14-/m0/s1. The number of carbonyl (C=O) groups is 2. The molecule has 0 aliphatic carbocycles. The molecule has 25 heavy (non-hydrogen) atoms. The van der Waals surface area contributed by atoms with Crippen LogP contribution < -0.4 is 4.74 Å². The predicted molar refractivity (Wildman–Crippen MR) is 96.6 cm³/mol. The summed E-state index contributed by atoms with van der Waals surface area (Å²) in [6, 6.07) is 7.61. The summed E-state index contributed by atoms with van der Waals surface area (Å²) in [7, 11) is 0. The number of carbonyl (C=O) groups excluding carboxylic acids is 2. The minimum Gasteiger partial charge on any atom is -0.489 e. The third-order valence-electron chi connectivity index (χ3n) is 5.01. The van der Waals surface area contributed by atoms with E-state index in [1.807, 2.05) is 43.0 Å². The van der Waals surface area contributed by atoms with Crippen LogP contribution in [0.25, 0.3) is 0 Å². The molecule has 0 aromatic heterocycles. The van der Waals surface area contributed by atoms with E-state index in [0.29, 0.717) is 36.8 Å². The summed E-state index contributed by atoms with van der Waals surface area (Å²) < 4.78 is 5.97. The molecule has 2 aliphatic rings. The zero-order valence-corrected chi connectivity index (χ0v) is 15.5. The van der Waals surface area contributed by atoms with Crippen molar-refractivity contribution >= 4 is 23.4 Å². The minimum atomic E-state index is -0.198. The van der Waals surface area contributed by atoms with Crippen LogP contribution in [0.15, 0.2) is 24.3 Å². The molecule has 2 amide bonds. The third kappa shape index (κ3) is 4.09. The maximum absolute atomic E-state index is 12.7. The van der Waals surface area contributed by atoms with E-state index in [1.54, 1.807) is 4.90 Å². The van der Waals surface area contributed by atoms with Crippen LogP contribution in [0.4, 0.5) is 0 Å². The van der Waals surface area contributed by atoms with Gasteiger partial charge in [-0.15, -0.1) is 0 Å². The lowest BCUT2D eigenvalue weighted by molar-refractivity contribution is -0.137. The molecule has 2 saturated heterocycles. The summed E-state index contributed by atoms with van der Waals surface area (Å²) in [4.78, 5) is 28.4. The van der Waals surface area contributed by atoms with Crippen LogP contribution >= 0.6 is 11.6 Å². The van der Waals surface area contributed by atoms with Crippen LogP contribution in [0.1, 0.15) is 33.1 Å². The van der Waals surface area contributed by atoms with Gasteiger partial charge in [0, 0.05) is 44.9 Å². The molecule has 3 rings (SSSR count). The van der Waals surface area contributed by atoms with Gasteiger partial charge in [0.15, 0.2) is 0 Å². The van der Waals surface area contributed by atoms with E-state index in [-0.39, 0.29) is 29.9 Å². The van der Waals surface area contributed by atoms with Crippen molar-refractivity contribution < 1.29 is 14.3 Å². The molecule has 1 atom stereocenters. The maximum atomic E-state index is 12.7. The fourth-order valence-corrected chi connectivity index (χ4v) is 3.75. The number of likely N-dealkylation sites (tertiary alicyclic amines) is 2. The molecule has 6 heteroatoms. The van der Waals surface area contributed by atoms with E-state index in [4.69, 9.17) is 16.3 Å². The molecule has 2 fully saturated rings. The summed E-state index contributed by atoms with van der Waals surface area (Å²) in [6.45, 7) is 5.86. The van der Waals surface area contributed by atoms with Crippen LogP contribution in [0.2, 0.25) is 5.02 Å². The highest BCUT2D eigenvalue weighted by Crippen LogP contribution is 2.28. The molecule has 2 heterocycles. The maximum Gasteiger partial charge on any atom is 0.227 e. The Hall–Kier alpha value is -1.75. The second kappa shape index (κ2) is 7.65. The predicted octanol–water partition coefficient (Wildman–Crippen LogP) is 2.97. The average Bonchev–Trinajstić information content (AvgIpc) is 2.99. The fourth-order valence-electron chi connectivity index (χ4n) is 3.57. The summed E-state index contributed by atoms with van der Waals surface area (Å²) in [5.41, 5.74) is 0. The Kier molecular flexibility index (Phi) is 5.52. The van der Waals surface area contributed by atoms with Gasteiger partial charge in [0.2, 0.25) is 11.8 Å². The summed E-state index contributed by atoms with van der Waals surface area (Å²) in [5.74, 6) is 0.692. The number of benzene rings is 1. The zero-order chi connectivity index (χ0) is 18.0. The van der Waals surface area contributed by atoms with Gasteiger partial charge in [-0.3, -0.25) is 9.59 Å². The molecule has 136 valence electrons. The Bertz CT molecular complexity index is 641. The zero-order valence-electron chi connectivity index (χ0n) is 14.8. The van der Waals surface area contributed by atoms with Crippen LogP contribution in [0.5, 0.6) is 5.75 Å². The summed E-state index contributed by atoms with van der Waals surface area (Å²) >= 11 is 6.14. The van der Waals surface area contributed by atoms with E-state index in [2.05, 4.69) is 0 Å². The lowest BCUT2D eigenvalue weighted by atomic mass is 10.0. The van der Waals surface area contributed by atoms with E-state index in [0.717, 1.165) is 12.8 Å². The number of halogens is 1. The van der Waals surface area contributed by atoms with Crippen LogP contribution in [0.3, 0.4) is 0 Å². The molecule has 1 aromatic rings. The Balaban J connectivity index is 1.51. The number of hydrogen-bond donors (Lipinski definition) is 0. The van der Waals surface area contributed by atoms with E-state index < -0.39 is 0 Å². The average molecular weight is 365 g/mol. The number of amides is 2. The molecule has 1 aromatic carbocycles. The topological polar surface area (TPSA) is 49.9 Å².